The van der Waals surface area contributed by atoms with Crippen molar-refractivity contribution in [2.45, 2.75) is 31.7 Å². The second kappa shape index (κ2) is 6.97. The van der Waals surface area contributed by atoms with E-state index in [-0.39, 0.29) is 17.4 Å². The molecule has 1 aliphatic carbocycles. The zero-order valence-corrected chi connectivity index (χ0v) is 11.9. The average molecular weight is 290 g/mol. The van der Waals surface area contributed by atoms with E-state index < -0.39 is 17.9 Å². The van der Waals surface area contributed by atoms with Crippen LogP contribution in [0.3, 0.4) is 0 Å². The molecule has 2 atom stereocenters. The first-order valence-corrected chi connectivity index (χ1v) is 6.93. The van der Waals surface area contributed by atoms with E-state index >= 15 is 0 Å². The Hall–Kier alpha value is -2.24. The molecular weight excluding hydrogens is 272 g/mol. The number of rotatable bonds is 4. The molecule has 1 fully saturated rings. The van der Waals surface area contributed by atoms with Gasteiger partial charge in [0.05, 0.1) is 7.11 Å². The van der Waals surface area contributed by atoms with Crippen LogP contribution in [0.1, 0.15) is 36.2 Å². The van der Waals surface area contributed by atoms with Gasteiger partial charge in [0.15, 0.2) is 0 Å². The molecule has 0 radical (unpaired) electrons. The molecule has 1 saturated carbocycles. The molecule has 1 amide bonds. The van der Waals surface area contributed by atoms with E-state index in [4.69, 9.17) is 4.74 Å². The van der Waals surface area contributed by atoms with E-state index in [1.807, 2.05) is 0 Å². The number of Topliss-reactive ketones (excluding diaryl/α,β-unsaturated/α-hetero) is 1. The number of nitrogens with one attached hydrogen (secondary N) is 1. The summed E-state index contributed by atoms with van der Waals surface area (Å²) in [6.45, 7) is 0. The van der Waals surface area contributed by atoms with Crippen molar-refractivity contribution in [3.63, 3.8) is 0 Å². The highest BCUT2D eigenvalue weighted by Gasteiger charge is 2.34. The second-order valence-electron chi connectivity index (χ2n) is 5.08. The number of amides is 1. The predicted octanol–water partition coefficient (Wildman–Crippen LogP) is 1.11. The molecule has 0 unspecified atom stereocenters. The maximum absolute atomic E-state index is 12.1. The van der Waals surface area contributed by atoms with Gasteiger partial charge in [-0.2, -0.15) is 0 Å². The van der Waals surface area contributed by atoms with Gasteiger partial charge in [0, 0.05) is 19.0 Å². The van der Waals surface area contributed by atoms with Gasteiger partial charge in [0.1, 0.15) is 17.5 Å². The molecular formula is C15H18N2O4. The normalized spacial score (nSPS) is 19.7. The molecule has 0 aromatic carbocycles. The molecule has 1 aromatic rings. The van der Waals surface area contributed by atoms with Crippen molar-refractivity contribution in [2.24, 2.45) is 5.92 Å². The van der Waals surface area contributed by atoms with Crippen molar-refractivity contribution < 1.29 is 19.1 Å². The number of ether oxygens (including phenoxy) is 1. The minimum absolute atomic E-state index is 0.118. The molecule has 1 N–H and O–H groups in total. The number of hydrogen-bond donors (Lipinski definition) is 1. The van der Waals surface area contributed by atoms with Crippen LogP contribution in [0, 0.1) is 5.92 Å². The van der Waals surface area contributed by atoms with E-state index in [0.717, 1.165) is 6.42 Å². The topological polar surface area (TPSA) is 85.4 Å². The van der Waals surface area contributed by atoms with E-state index in [0.29, 0.717) is 19.3 Å². The van der Waals surface area contributed by atoms with E-state index in [9.17, 15) is 14.4 Å². The highest BCUT2D eigenvalue weighted by atomic mass is 16.5. The molecule has 1 aromatic heterocycles. The Morgan fingerprint density at radius 1 is 1.43 bits per heavy atom. The molecule has 1 aliphatic rings. The number of nitrogens with zero attached hydrogens (tertiary/aromatic N) is 1. The Morgan fingerprint density at radius 2 is 2.24 bits per heavy atom. The fourth-order valence-electron chi connectivity index (χ4n) is 2.55. The number of carbonyl (C=O) groups excluding carboxylic acids is 3. The van der Waals surface area contributed by atoms with Crippen LogP contribution in [0.15, 0.2) is 24.4 Å². The summed E-state index contributed by atoms with van der Waals surface area (Å²) in [5, 5.41) is 2.65. The minimum Gasteiger partial charge on any atom is -0.467 e. The van der Waals surface area contributed by atoms with Crippen molar-refractivity contribution in [1.82, 2.24) is 10.3 Å². The van der Waals surface area contributed by atoms with Crippen molar-refractivity contribution in [3.8, 4) is 0 Å². The lowest BCUT2D eigenvalue weighted by molar-refractivity contribution is -0.145. The lowest BCUT2D eigenvalue weighted by atomic mass is 9.83. The van der Waals surface area contributed by atoms with Gasteiger partial charge >= 0.3 is 5.97 Å². The largest absolute Gasteiger partial charge is 0.467 e. The Labute approximate surface area is 122 Å². The average Bonchev–Trinajstić information content (AvgIpc) is 2.52. The van der Waals surface area contributed by atoms with Crippen LogP contribution in [-0.2, 0) is 14.3 Å². The number of methoxy groups -OCH3 is 1. The zero-order chi connectivity index (χ0) is 15.2. The van der Waals surface area contributed by atoms with Crippen molar-refractivity contribution in [2.75, 3.05) is 7.11 Å². The number of ketones is 1. The van der Waals surface area contributed by atoms with E-state index in [1.54, 1.807) is 18.2 Å². The highest BCUT2D eigenvalue weighted by molar-refractivity contribution is 5.95. The molecule has 6 heteroatoms. The van der Waals surface area contributed by atoms with Gasteiger partial charge in [-0.15, -0.1) is 0 Å². The quantitative estimate of drug-likeness (QED) is 0.840. The number of pyridine rings is 1. The summed E-state index contributed by atoms with van der Waals surface area (Å²) >= 11 is 0. The summed E-state index contributed by atoms with van der Waals surface area (Å²) in [6.07, 6.45) is 3.79. The van der Waals surface area contributed by atoms with Gasteiger partial charge in [-0.05, 0) is 30.9 Å². The van der Waals surface area contributed by atoms with Crippen LogP contribution in [0.4, 0.5) is 0 Å². The summed E-state index contributed by atoms with van der Waals surface area (Å²) < 4.78 is 4.75. The number of carbonyl (C=O) groups is 3. The molecule has 0 bridgehead atoms. The minimum atomic E-state index is -0.811. The molecule has 0 saturated heterocycles. The maximum atomic E-state index is 12.1. The fraction of sp³-hybridized carbons (Fsp3) is 0.467. The van der Waals surface area contributed by atoms with Crippen LogP contribution in [0.25, 0.3) is 0 Å². The third-order valence-corrected chi connectivity index (χ3v) is 3.63. The summed E-state index contributed by atoms with van der Waals surface area (Å²) in [4.78, 5) is 39.6. The van der Waals surface area contributed by atoms with Gasteiger partial charge < -0.3 is 10.1 Å². The van der Waals surface area contributed by atoms with Gasteiger partial charge in [0.25, 0.3) is 5.91 Å². The monoisotopic (exact) mass is 290 g/mol. The fourth-order valence-corrected chi connectivity index (χ4v) is 2.55. The summed E-state index contributed by atoms with van der Waals surface area (Å²) in [7, 11) is 1.27. The van der Waals surface area contributed by atoms with Gasteiger partial charge in [0.2, 0.25) is 0 Å². The van der Waals surface area contributed by atoms with Crippen LogP contribution in [0.2, 0.25) is 0 Å². The molecule has 112 valence electrons. The summed E-state index contributed by atoms with van der Waals surface area (Å²) in [5.74, 6) is -1.07. The standard InChI is InChI=1S/C15H18N2O4/c1-21-15(20)13(10-5-4-6-11(18)9-10)17-14(19)12-7-2-3-8-16-12/h2-3,7-8,10,13H,4-6,9H2,1H3,(H,17,19)/t10-,13-/m0/s1. The first-order valence-electron chi connectivity index (χ1n) is 6.93. The third-order valence-electron chi connectivity index (χ3n) is 3.63. The first-order chi connectivity index (χ1) is 10.1. The van der Waals surface area contributed by atoms with Crippen LogP contribution < -0.4 is 5.32 Å². The van der Waals surface area contributed by atoms with Crippen molar-refractivity contribution in [1.29, 1.82) is 0 Å². The van der Waals surface area contributed by atoms with E-state index in [2.05, 4.69) is 10.3 Å². The van der Waals surface area contributed by atoms with Crippen LogP contribution >= 0.6 is 0 Å². The Bertz CT molecular complexity index is 530. The summed E-state index contributed by atoms with van der Waals surface area (Å²) in [5.41, 5.74) is 0.230. The third kappa shape index (κ3) is 3.87. The Morgan fingerprint density at radius 3 is 2.86 bits per heavy atom. The Balaban J connectivity index is 2.11. The van der Waals surface area contributed by atoms with Crippen molar-refractivity contribution in [3.05, 3.63) is 30.1 Å². The SMILES string of the molecule is COC(=O)[C@@H](NC(=O)c1ccccn1)[C@H]1CCCC(=O)C1. The smallest absolute Gasteiger partial charge is 0.328 e. The van der Waals surface area contributed by atoms with Crippen LogP contribution in [-0.4, -0.2) is 35.8 Å². The number of hydrogen-bond acceptors (Lipinski definition) is 5. The lowest BCUT2D eigenvalue weighted by Gasteiger charge is -2.28. The molecule has 0 aliphatic heterocycles. The molecule has 0 spiro atoms. The molecule has 2 rings (SSSR count). The first kappa shape index (κ1) is 15.2. The van der Waals surface area contributed by atoms with Crippen LogP contribution in [0.5, 0.6) is 0 Å². The van der Waals surface area contributed by atoms with Gasteiger partial charge in [-0.3, -0.25) is 14.6 Å². The molecule has 1 heterocycles. The second-order valence-corrected chi connectivity index (χ2v) is 5.08. The molecule has 6 nitrogen and oxygen atoms in total. The number of aromatic nitrogens is 1. The number of esters is 1. The van der Waals surface area contributed by atoms with Gasteiger partial charge in [-0.1, -0.05) is 6.07 Å². The zero-order valence-electron chi connectivity index (χ0n) is 11.9. The van der Waals surface area contributed by atoms with E-state index in [1.165, 1.54) is 13.3 Å². The highest BCUT2D eigenvalue weighted by Crippen LogP contribution is 2.25. The Kier molecular flexibility index (Phi) is 5.03. The van der Waals surface area contributed by atoms with Gasteiger partial charge in [-0.25, -0.2) is 4.79 Å². The lowest BCUT2D eigenvalue weighted by Crippen LogP contribution is -2.48. The van der Waals surface area contributed by atoms with Crippen molar-refractivity contribution >= 4 is 17.7 Å². The molecule has 21 heavy (non-hydrogen) atoms. The maximum Gasteiger partial charge on any atom is 0.328 e. The summed E-state index contributed by atoms with van der Waals surface area (Å²) in [6, 6.07) is 4.15. The predicted molar refractivity (Wildman–Crippen MR) is 74.5 cm³/mol.